The van der Waals surface area contributed by atoms with Crippen LogP contribution in [0.3, 0.4) is 0 Å². The fraction of sp³-hybridized carbons (Fsp3) is 0.167. The second-order valence-corrected chi connectivity index (χ2v) is 4.93. The van der Waals surface area contributed by atoms with Gasteiger partial charge in [-0.25, -0.2) is 4.79 Å². The number of benzene rings is 2. The Kier molecular flexibility index (Phi) is 3.73. The largest absolute Gasteiger partial charge is 0.462 e. The van der Waals surface area contributed by atoms with Gasteiger partial charge >= 0.3 is 5.97 Å². The SMILES string of the molecule is CC=CC(=O)OCCc1cccc2c1[nH]c1ccccc12. The molecule has 0 aliphatic heterocycles. The monoisotopic (exact) mass is 279 g/mol. The number of fused-ring (bicyclic) bond motifs is 3. The number of hydrogen-bond acceptors (Lipinski definition) is 2. The number of ether oxygens (including phenoxy) is 1. The number of hydrogen-bond donors (Lipinski definition) is 1. The normalized spacial score (nSPS) is 11.5. The number of carbonyl (C=O) groups is 1. The number of para-hydroxylation sites is 2. The maximum Gasteiger partial charge on any atom is 0.330 e. The number of H-pyrrole nitrogens is 1. The van der Waals surface area contributed by atoms with Crippen LogP contribution in [0.1, 0.15) is 12.5 Å². The summed E-state index contributed by atoms with van der Waals surface area (Å²) >= 11 is 0. The molecule has 0 bridgehead atoms. The highest BCUT2D eigenvalue weighted by atomic mass is 16.5. The van der Waals surface area contributed by atoms with Crippen LogP contribution < -0.4 is 0 Å². The minimum Gasteiger partial charge on any atom is -0.462 e. The zero-order valence-electron chi connectivity index (χ0n) is 11.9. The van der Waals surface area contributed by atoms with Gasteiger partial charge in [-0.05, 0) is 18.6 Å². The van der Waals surface area contributed by atoms with Gasteiger partial charge in [0.25, 0.3) is 0 Å². The maximum atomic E-state index is 11.3. The first-order valence-corrected chi connectivity index (χ1v) is 7.07. The molecule has 0 spiro atoms. The Morgan fingerprint density at radius 2 is 1.95 bits per heavy atom. The molecule has 1 heterocycles. The van der Waals surface area contributed by atoms with E-state index in [1.54, 1.807) is 13.0 Å². The highest BCUT2D eigenvalue weighted by Gasteiger charge is 2.07. The van der Waals surface area contributed by atoms with E-state index < -0.39 is 0 Å². The molecular formula is C18H17NO2. The fourth-order valence-electron chi connectivity index (χ4n) is 2.59. The Balaban J connectivity index is 1.87. The molecule has 2 aromatic carbocycles. The van der Waals surface area contributed by atoms with Crippen LogP contribution in [0, 0.1) is 0 Å². The lowest BCUT2D eigenvalue weighted by molar-refractivity contribution is -0.137. The molecule has 106 valence electrons. The average Bonchev–Trinajstić information content (AvgIpc) is 2.87. The van der Waals surface area contributed by atoms with E-state index in [0.29, 0.717) is 13.0 Å². The number of carbonyl (C=O) groups excluding carboxylic acids is 1. The van der Waals surface area contributed by atoms with Crippen molar-refractivity contribution in [1.29, 1.82) is 0 Å². The van der Waals surface area contributed by atoms with Crippen molar-refractivity contribution in [3.05, 3.63) is 60.2 Å². The van der Waals surface area contributed by atoms with Crippen molar-refractivity contribution < 1.29 is 9.53 Å². The van der Waals surface area contributed by atoms with E-state index in [0.717, 1.165) is 16.6 Å². The standard InChI is InChI=1S/C18H17NO2/c1-2-6-17(20)21-12-11-13-7-5-9-15-14-8-3-4-10-16(14)19-18(13)15/h2-10,19H,11-12H2,1H3. The zero-order chi connectivity index (χ0) is 14.7. The fourth-order valence-corrected chi connectivity index (χ4v) is 2.59. The molecule has 0 aliphatic carbocycles. The van der Waals surface area contributed by atoms with Crippen LogP contribution in [-0.4, -0.2) is 17.6 Å². The lowest BCUT2D eigenvalue weighted by atomic mass is 10.1. The third-order valence-electron chi connectivity index (χ3n) is 3.55. The molecule has 3 aromatic rings. The lowest BCUT2D eigenvalue weighted by Crippen LogP contribution is -2.04. The predicted octanol–water partition coefficient (Wildman–Crippen LogP) is 3.98. The Labute approximate surface area is 123 Å². The summed E-state index contributed by atoms with van der Waals surface area (Å²) in [5.41, 5.74) is 3.42. The quantitative estimate of drug-likeness (QED) is 0.579. The molecule has 0 unspecified atom stereocenters. The minimum absolute atomic E-state index is 0.290. The summed E-state index contributed by atoms with van der Waals surface area (Å²) in [6, 6.07) is 14.5. The van der Waals surface area contributed by atoms with E-state index in [2.05, 4.69) is 29.2 Å². The molecule has 0 fully saturated rings. The predicted molar refractivity (Wildman–Crippen MR) is 85.3 cm³/mol. The Morgan fingerprint density at radius 1 is 1.14 bits per heavy atom. The summed E-state index contributed by atoms with van der Waals surface area (Å²) in [5.74, 6) is -0.290. The summed E-state index contributed by atoms with van der Waals surface area (Å²) in [6.45, 7) is 2.18. The molecule has 1 N–H and O–H groups in total. The van der Waals surface area contributed by atoms with Crippen molar-refractivity contribution in [2.75, 3.05) is 6.61 Å². The highest BCUT2D eigenvalue weighted by Crippen LogP contribution is 2.27. The third-order valence-corrected chi connectivity index (χ3v) is 3.55. The molecule has 1 aromatic heterocycles. The summed E-state index contributed by atoms with van der Waals surface area (Å²) < 4.78 is 5.17. The van der Waals surface area contributed by atoms with Gasteiger partial charge in [-0.2, -0.15) is 0 Å². The molecule has 0 saturated heterocycles. The van der Waals surface area contributed by atoms with Crippen molar-refractivity contribution in [2.45, 2.75) is 13.3 Å². The van der Waals surface area contributed by atoms with Crippen molar-refractivity contribution in [3.8, 4) is 0 Å². The van der Waals surface area contributed by atoms with E-state index in [1.807, 2.05) is 18.2 Å². The van der Waals surface area contributed by atoms with Gasteiger partial charge in [0, 0.05) is 34.3 Å². The smallest absolute Gasteiger partial charge is 0.330 e. The van der Waals surface area contributed by atoms with E-state index in [1.165, 1.54) is 16.8 Å². The van der Waals surface area contributed by atoms with Gasteiger partial charge in [-0.1, -0.05) is 42.5 Å². The maximum absolute atomic E-state index is 11.3. The van der Waals surface area contributed by atoms with Gasteiger partial charge in [-0.3, -0.25) is 0 Å². The molecule has 0 aliphatic rings. The van der Waals surface area contributed by atoms with Crippen molar-refractivity contribution >= 4 is 27.8 Å². The summed E-state index contributed by atoms with van der Waals surface area (Å²) in [6.07, 6.45) is 3.82. The number of aromatic amines is 1. The molecule has 0 saturated carbocycles. The number of esters is 1. The average molecular weight is 279 g/mol. The van der Waals surface area contributed by atoms with E-state index in [-0.39, 0.29) is 5.97 Å². The van der Waals surface area contributed by atoms with E-state index in [4.69, 9.17) is 4.74 Å². The summed E-state index contributed by atoms with van der Waals surface area (Å²) in [7, 11) is 0. The number of allylic oxidation sites excluding steroid dienone is 1. The molecule has 3 nitrogen and oxygen atoms in total. The highest BCUT2D eigenvalue weighted by molar-refractivity contribution is 6.08. The van der Waals surface area contributed by atoms with Crippen LogP contribution in [0.25, 0.3) is 21.8 Å². The number of rotatable bonds is 4. The first kappa shape index (κ1) is 13.4. The second-order valence-electron chi connectivity index (χ2n) is 4.93. The van der Waals surface area contributed by atoms with Gasteiger partial charge in [0.05, 0.1) is 6.61 Å². The first-order valence-electron chi connectivity index (χ1n) is 7.07. The van der Waals surface area contributed by atoms with Crippen molar-refractivity contribution in [3.63, 3.8) is 0 Å². The van der Waals surface area contributed by atoms with Gasteiger partial charge < -0.3 is 9.72 Å². The van der Waals surface area contributed by atoms with Crippen LogP contribution in [0.2, 0.25) is 0 Å². The molecule has 3 heteroatoms. The third kappa shape index (κ3) is 2.68. The molecule has 0 atom stereocenters. The van der Waals surface area contributed by atoms with E-state index >= 15 is 0 Å². The Hall–Kier alpha value is -2.55. The van der Waals surface area contributed by atoms with Crippen LogP contribution in [-0.2, 0) is 16.0 Å². The summed E-state index contributed by atoms with van der Waals surface area (Å²) in [4.78, 5) is 14.8. The van der Waals surface area contributed by atoms with Crippen LogP contribution in [0.15, 0.2) is 54.6 Å². The second kappa shape index (κ2) is 5.83. The Morgan fingerprint density at radius 3 is 2.81 bits per heavy atom. The molecule has 0 radical (unpaired) electrons. The number of aromatic nitrogens is 1. The Bertz CT molecular complexity index is 814. The van der Waals surface area contributed by atoms with Crippen molar-refractivity contribution in [1.82, 2.24) is 4.98 Å². The zero-order valence-corrected chi connectivity index (χ0v) is 11.9. The van der Waals surface area contributed by atoms with Crippen LogP contribution in [0.5, 0.6) is 0 Å². The van der Waals surface area contributed by atoms with Crippen LogP contribution in [0.4, 0.5) is 0 Å². The lowest BCUT2D eigenvalue weighted by Gasteiger charge is -2.04. The number of nitrogens with one attached hydrogen (secondary N) is 1. The minimum atomic E-state index is -0.290. The first-order chi connectivity index (χ1) is 10.3. The topological polar surface area (TPSA) is 42.1 Å². The molecular weight excluding hydrogens is 262 g/mol. The van der Waals surface area contributed by atoms with E-state index in [9.17, 15) is 4.79 Å². The van der Waals surface area contributed by atoms with Crippen molar-refractivity contribution in [2.24, 2.45) is 0 Å². The van der Waals surface area contributed by atoms with Gasteiger partial charge in [-0.15, -0.1) is 0 Å². The van der Waals surface area contributed by atoms with Gasteiger partial charge in [0.2, 0.25) is 0 Å². The molecule has 3 rings (SSSR count). The van der Waals surface area contributed by atoms with Crippen LogP contribution >= 0.6 is 0 Å². The summed E-state index contributed by atoms with van der Waals surface area (Å²) in [5, 5.41) is 2.43. The molecule has 21 heavy (non-hydrogen) atoms. The van der Waals surface area contributed by atoms with Gasteiger partial charge in [0.15, 0.2) is 0 Å². The van der Waals surface area contributed by atoms with Gasteiger partial charge in [0.1, 0.15) is 0 Å². The molecule has 0 amide bonds.